The van der Waals surface area contributed by atoms with Gasteiger partial charge >= 0.3 is 5.97 Å². The summed E-state index contributed by atoms with van der Waals surface area (Å²) in [4.78, 5) is 11.1. The first-order valence-corrected chi connectivity index (χ1v) is 11.2. The standard InChI is InChI=1S/C21H18ClFN2O4S/c1-12-5-4-7-16(22)20(12)30(28,29)25-18-8-3-2-6-15(18)19(24-25)14-10-9-13(21(26)27)11-17(14)23/h4-5,7,9-11H,2-3,6,8H2,1H3,(H,26,27). The van der Waals surface area contributed by atoms with E-state index in [4.69, 9.17) is 16.7 Å². The van der Waals surface area contributed by atoms with Gasteiger partial charge in [0.25, 0.3) is 10.0 Å². The second-order valence-corrected chi connectivity index (χ2v) is 9.33. The van der Waals surface area contributed by atoms with Crippen molar-refractivity contribution in [1.82, 2.24) is 9.19 Å². The minimum Gasteiger partial charge on any atom is -0.478 e. The van der Waals surface area contributed by atoms with E-state index in [1.807, 2.05) is 0 Å². The molecule has 0 amide bonds. The maximum atomic E-state index is 14.7. The molecule has 0 saturated heterocycles. The minimum absolute atomic E-state index is 0.0317. The van der Waals surface area contributed by atoms with Crippen molar-refractivity contribution in [1.29, 1.82) is 0 Å². The molecule has 1 aliphatic rings. The van der Waals surface area contributed by atoms with Gasteiger partial charge < -0.3 is 5.11 Å². The quantitative estimate of drug-likeness (QED) is 0.636. The van der Waals surface area contributed by atoms with Crippen LogP contribution in [0.3, 0.4) is 0 Å². The van der Waals surface area contributed by atoms with Crippen molar-refractivity contribution in [2.24, 2.45) is 0 Å². The summed E-state index contributed by atoms with van der Waals surface area (Å²) in [5, 5.41) is 13.5. The van der Waals surface area contributed by atoms with Crippen LogP contribution in [0.5, 0.6) is 0 Å². The Balaban J connectivity index is 1.95. The molecule has 1 N–H and O–H groups in total. The molecular formula is C21H18ClFN2O4S. The average molecular weight is 449 g/mol. The molecule has 0 aliphatic heterocycles. The summed E-state index contributed by atoms with van der Waals surface area (Å²) in [5.41, 5.74) is 1.76. The molecule has 6 nitrogen and oxygen atoms in total. The van der Waals surface area contributed by atoms with Crippen molar-refractivity contribution >= 4 is 27.6 Å². The van der Waals surface area contributed by atoms with E-state index in [0.717, 1.165) is 23.0 Å². The number of hydrogen-bond acceptors (Lipinski definition) is 4. The van der Waals surface area contributed by atoms with Crippen LogP contribution in [0.15, 0.2) is 41.3 Å². The monoisotopic (exact) mass is 448 g/mol. The van der Waals surface area contributed by atoms with E-state index in [-0.39, 0.29) is 26.7 Å². The van der Waals surface area contributed by atoms with Crippen molar-refractivity contribution in [3.05, 3.63) is 69.6 Å². The highest BCUT2D eigenvalue weighted by Gasteiger charge is 2.32. The Labute approximate surface area is 178 Å². The van der Waals surface area contributed by atoms with Crippen molar-refractivity contribution in [2.45, 2.75) is 37.5 Å². The number of carbonyl (C=O) groups is 1. The number of rotatable bonds is 4. The molecule has 1 aromatic heterocycles. The van der Waals surface area contributed by atoms with E-state index in [1.54, 1.807) is 19.1 Å². The summed E-state index contributed by atoms with van der Waals surface area (Å²) in [7, 11) is -4.11. The SMILES string of the molecule is Cc1cccc(Cl)c1S(=O)(=O)n1nc(-c2ccc(C(=O)O)cc2F)c2c1CCCC2. The molecule has 0 atom stereocenters. The van der Waals surface area contributed by atoms with Crippen LogP contribution in [0.1, 0.15) is 40.0 Å². The lowest BCUT2D eigenvalue weighted by atomic mass is 9.93. The zero-order chi connectivity index (χ0) is 21.6. The minimum atomic E-state index is -4.11. The number of carboxylic acid groups (broad SMARTS) is 1. The maximum absolute atomic E-state index is 14.7. The Kier molecular flexibility index (Phi) is 5.15. The van der Waals surface area contributed by atoms with Crippen LogP contribution in [0, 0.1) is 12.7 Å². The summed E-state index contributed by atoms with van der Waals surface area (Å²) < 4.78 is 42.6. The lowest BCUT2D eigenvalue weighted by Crippen LogP contribution is -2.20. The van der Waals surface area contributed by atoms with Gasteiger partial charge in [-0.25, -0.2) is 9.18 Å². The molecule has 0 spiro atoms. The molecule has 30 heavy (non-hydrogen) atoms. The Morgan fingerprint density at radius 3 is 2.60 bits per heavy atom. The van der Waals surface area contributed by atoms with Crippen molar-refractivity contribution in [3.63, 3.8) is 0 Å². The van der Waals surface area contributed by atoms with Crippen LogP contribution in [-0.2, 0) is 22.9 Å². The molecule has 156 valence electrons. The Morgan fingerprint density at radius 1 is 1.20 bits per heavy atom. The van der Waals surface area contributed by atoms with Crippen LogP contribution in [0.4, 0.5) is 4.39 Å². The third-order valence-electron chi connectivity index (χ3n) is 5.27. The first kappa shape index (κ1) is 20.6. The summed E-state index contributed by atoms with van der Waals surface area (Å²) >= 11 is 6.21. The van der Waals surface area contributed by atoms with Crippen LogP contribution in [0.25, 0.3) is 11.3 Å². The second kappa shape index (κ2) is 7.52. The van der Waals surface area contributed by atoms with E-state index in [2.05, 4.69) is 5.10 Å². The normalized spacial score (nSPS) is 13.8. The van der Waals surface area contributed by atoms with Gasteiger partial charge in [-0.1, -0.05) is 23.7 Å². The topological polar surface area (TPSA) is 89.3 Å². The largest absolute Gasteiger partial charge is 0.478 e. The van der Waals surface area contributed by atoms with Gasteiger partial charge in [-0.2, -0.15) is 17.6 Å². The first-order chi connectivity index (χ1) is 14.2. The van der Waals surface area contributed by atoms with E-state index in [0.29, 0.717) is 29.7 Å². The second-order valence-electron chi connectivity index (χ2n) is 7.21. The highest BCUT2D eigenvalue weighted by atomic mass is 35.5. The zero-order valence-corrected chi connectivity index (χ0v) is 17.6. The molecule has 0 radical (unpaired) electrons. The van der Waals surface area contributed by atoms with Gasteiger partial charge in [0.2, 0.25) is 0 Å². The van der Waals surface area contributed by atoms with Crippen molar-refractivity contribution in [2.75, 3.05) is 0 Å². The molecule has 4 rings (SSSR count). The fourth-order valence-corrected chi connectivity index (χ4v) is 6.01. The number of hydrogen-bond donors (Lipinski definition) is 1. The van der Waals surface area contributed by atoms with Crippen molar-refractivity contribution < 1.29 is 22.7 Å². The van der Waals surface area contributed by atoms with Gasteiger partial charge in [0.1, 0.15) is 10.7 Å². The van der Waals surface area contributed by atoms with Gasteiger partial charge in [-0.3, -0.25) is 0 Å². The maximum Gasteiger partial charge on any atom is 0.335 e. The number of aromatic carboxylic acids is 1. The van der Waals surface area contributed by atoms with E-state index in [9.17, 15) is 17.6 Å². The smallest absolute Gasteiger partial charge is 0.335 e. The fourth-order valence-electron chi connectivity index (χ4n) is 3.85. The molecule has 0 saturated carbocycles. The lowest BCUT2D eigenvalue weighted by Gasteiger charge is -2.16. The third kappa shape index (κ3) is 3.30. The molecule has 0 fully saturated rings. The Hall–Kier alpha value is -2.71. The molecule has 3 aromatic rings. The van der Waals surface area contributed by atoms with E-state index < -0.39 is 21.8 Å². The zero-order valence-electron chi connectivity index (χ0n) is 16.0. The molecule has 9 heteroatoms. The Bertz CT molecular complexity index is 1260. The lowest BCUT2D eigenvalue weighted by molar-refractivity contribution is 0.0696. The fraction of sp³-hybridized carbons (Fsp3) is 0.238. The van der Waals surface area contributed by atoms with E-state index >= 15 is 0 Å². The number of benzene rings is 2. The number of aromatic nitrogens is 2. The Morgan fingerprint density at radius 2 is 1.93 bits per heavy atom. The summed E-state index contributed by atoms with van der Waals surface area (Å²) in [6.07, 6.45) is 2.66. The molecule has 0 unspecified atom stereocenters. The molecule has 1 heterocycles. The number of halogens is 2. The van der Waals surface area contributed by atoms with Gasteiger partial charge in [0, 0.05) is 11.1 Å². The van der Waals surface area contributed by atoms with Gasteiger partial charge in [0.05, 0.1) is 22.0 Å². The van der Waals surface area contributed by atoms with Crippen molar-refractivity contribution in [3.8, 4) is 11.3 Å². The van der Waals surface area contributed by atoms with Crippen LogP contribution in [0.2, 0.25) is 5.02 Å². The highest BCUT2D eigenvalue weighted by molar-refractivity contribution is 7.90. The van der Waals surface area contributed by atoms with Gasteiger partial charge in [-0.05, 0) is 62.4 Å². The van der Waals surface area contributed by atoms with E-state index in [1.165, 1.54) is 18.2 Å². The number of nitrogens with zero attached hydrogens (tertiary/aromatic N) is 2. The van der Waals surface area contributed by atoms with Gasteiger partial charge in [0.15, 0.2) is 0 Å². The molecular weight excluding hydrogens is 431 g/mol. The van der Waals surface area contributed by atoms with Gasteiger partial charge in [-0.15, -0.1) is 0 Å². The van der Waals surface area contributed by atoms with Crippen LogP contribution < -0.4 is 0 Å². The summed E-state index contributed by atoms with van der Waals surface area (Å²) in [6.45, 7) is 1.65. The first-order valence-electron chi connectivity index (χ1n) is 9.36. The molecule has 2 aromatic carbocycles. The summed E-state index contributed by atoms with van der Waals surface area (Å²) in [6, 6.07) is 8.34. The highest BCUT2D eigenvalue weighted by Crippen LogP contribution is 2.36. The predicted molar refractivity (Wildman–Crippen MR) is 110 cm³/mol. The number of aryl methyl sites for hydroxylation is 1. The molecule has 1 aliphatic carbocycles. The summed E-state index contributed by atoms with van der Waals surface area (Å²) in [5.74, 6) is -2.01. The molecule has 0 bridgehead atoms. The number of fused-ring (bicyclic) bond motifs is 1. The average Bonchev–Trinajstić information content (AvgIpc) is 3.08. The van der Waals surface area contributed by atoms with Crippen LogP contribution >= 0.6 is 11.6 Å². The number of carboxylic acids is 1. The van der Waals surface area contributed by atoms with Crippen LogP contribution in [-0.4, -0.2) is 28.7 Å². The third-order valence-corrected chi connectivity index (χ3v) is 7.51. The predicted octanol–water partition coefficient (Wildman–Crippen LogP) is 4.47.